The number of hydrogen-bond donors (Lipinski definition) is 1. The fraction of sp³-hybridized carbons (Fsp3) is 0.440. The van der Waals surface area contributed by atoms with E-state index in [4.69, 9.17) is 0 Å². The second kappa shape index (κ2) is 9.36. The van der Waals surface area contributed by atoms with E-state index in [2.05, 4.69) is 33.1 Å². The van der Waals surface area contributed by atoms with Crippen LogP contribution in [0.4, 0.5) is 0 Å². The van der Waals surface area contributed by atoms with Crippen LogP contribution in [0, 0.1) is 26.2 Å². The van der Waals surface area contributed by atoms with Crippen molar-refractivity contribution in [2.24, 2.45) is 5.41 Å². The van der Waals surface area contributed by atoms with Crippen LogP contribution in [0.3, 0.4) is 0 Å². The van der Waals surface area contributed by atoms with E-state index in [1.165, 1.54) is 5.01 Å². The molecule has 0 saturated heterocycles. The summed E-state index contributed by atoms with van der Waals surface area (Å²) < 4.78 is 0. The fourth-order valence-electron chi connectivity index (χ4n) is 3.48. The third-order valence-electron chi connectivity index (χ3n) is 5.05. The predicted octanol–water partition coefficient (Wildman–Crippen LogP) is 5.61. The second-order valence-corrected chi connectivity index (χ2v) is 9.03. The molecule has 29 heavy (non-hydrogen) atoms. The Labute approximate surface area is 175 Å². The number of imide groups is 1. The van der Waals surface area contributed by atoms with Crippen molar-refractivity contribution in [2.75, 3.05) is 0 Å². The zero-order valence-electron chi connectivity index (χ0n) is 18.8. The highest BCUT2D eigenvalue weighted by molar-refractivity contribution is 6.10. The van der Waals surface area contributed by atoms with Gasteiger partial charge < -0.3 is 0 Å². The van der Waals surface area contributed by atoms with E-state index in [0.29, 0.717) is 11.1 Å². The highest BCUT2D eigenvalue weighted by Crippen LogP contribution is 2.24. The first-order valence-corrected chi connectivity index (χ1v) is 10.3. The normalized spacial score (nSPS) is 12.5. The van der Waals surface area contributed by atoms with Crippen LogP contribution < -0.4 is 5.43 Å². The molecular weight excluding hydrogens is 360 g/mol. The Bertz CT molecular complexity index is 860. The Morgan fingerprint density at radius 3 is 1.97 bits per heavy atom. The highest BCUT2D eigenvalue weighted by atomic mass is 16.2. The number of carbonyl (C=O) groups excluding carboxylic acids is 2. The molecule has 1 N–H and O–H groups in total. The summed E-state index contributed by atoms with van der Waals surface area (Å²) in [7, 11) is 0. The molecule has 2 aromatic carbocycles. The average molecular weight is 395 g/mol. The molecule has 2 amide bonds. The minimum atomic E-state index is -0.330. The third kappa shape index (κ3) is 6.01. The van der Waals surface area contributed by atoms with Crippen LogP contribution in [0.5, 0.6) is 0 Å². The van der Waals surface area contributed by atoms with Gasteiger partial charge in [0, 0.05) is 17.2 Å². The number of aryl methyl sites for hydroxylation is 3. The quantitative estimate of drug-likeness (QED) is 0.511. The lowest BCUT2D eigenvalue weighted by Gasteiger charge is -2.35. The van der Waals surface area contributed by atoms with Crippen LogP contribution in [0.2, 0.25) is 0 Å². The molecule has 0 aliphatic carbocycles. The van der Waals surface area contributed by atoms with Gasteiger partial charge in [0.15, 0.2) is 0 Å². The van der Waals surface area contributed by atoms with Gasteiger partial charge in [-0.25, -0.2) is 10.4 Å². The molecule has 0 unspecified atom stereocenters. The summed E-state index contributed by atoms with van der Waals surface area (Å²) >= 11 is 0. The largest absolute Gasteiger partial charge is 0.275 e. The van der Waals surface area contributed by atoms with Crippen molar-refractivity contribution < 1.29 is 9.59 Å². The van der Waals surface area contributed by atoms with Crippen molar-refractivity contribution in [3.05, 3.63) is 70.3 Å². The smallest absolute Gasteiger partial charge is 0.267 e. The molecule has 0 radical (unpaired) electrons. The van der Waals surface area contributed by atoms with Crippen molar-refractivity contribution in [1.29, 1.82) is 0 Å². The summed E-state index contributed by atoms with van der Waals surface area (Å²) in [6.07, 6.45) is 1.82. The summed E-state index contributed by atoms with van der Waals surface area (Å²) in [4.78, 5) is 26.8. The summed E-state index contributed by atoms with van der Waals surface area (Å²) in [5, 5.41) is 1.22. The van der Waals surface area contributed by atoms with E-state index < -0.39 is 0 Å². The minimum Gasteiger partial charge on any atom is -0.267 e. The molecule has 0 aromatic heterocycles. The number of carbonyl (C=O) groups is 2. The fourth-order valence-corrected chi connectivity index (χ4v) is 3.48. The second-order valence-electron chi connectivity index (χ2n) is 9.03. The van der Waals surface area contributed by atoms with E-state index in [0.717, 1.165) is 29.5 Å². The van der Waals surface area contributed by atoms with Crippen molar-refractivity contribution in [3.63, 3.8) is 0 Å². The first kappa shape index (κ1) is 22.8. The molecule has 0 saturated carbocycles. The van der Waals surface area contributed by atoms with E-state index in [1.807, 2.05) is 57.2 Å². The van der Waals surface area contributed by atoms with Crippen molar-refractivity contribution in [3.8, 4) is 0 Å². The first-order valence-electron chi connectivity index (χ1n) is 10.3. The molecule has 4 nitrogen and oxygen atoms in total. The molecule has 156 valence electrons. The van der Waals surface area contributed by atoms with Gasteiger partial charge in [0.25, 0.3) is 11.8 Å². The topological polar surface area (TPSA) is 49.4 Å². The molecule has 1 atom stereocenters. The Morgan fingerprint density at radius 2 is 1.45 bits per heavy atom. The molecule has 0 spiro atoms. The van der Waals surface area contributed by atoms with Crippen molar-refractivity contribution >= 4 is 11.8 Å². The summed E-state index contributed by atoms with van der Waals surface area (Å²) in [6.45, 7) is 14.3. The molecule has 0 fully saturated rings. The van der Waals surface area contributed by atoms with Crippen LogP contribution in [-0.4, -0.2) is 22.9 Å². The maximum Gasteiger partial charge on any atom is 0.275 e. The third-order valence-corrected chi connectivity index (χ3v) is 5.05. The Morgan fingerprint density at radius 1 is 0.897 bits per heavy atom. The van der Waals surface area contributed by atoms with E-state index in [-0.39, 0.29) is 23.3 Å². The Balaban J connectivity index is 2.49. The summed E-state index contributed by atoms with van der Waals surface area (Å²) in [5.41, 5.74) is 7.17. The number of nitrogens with one attached hydrogen (secondary N) is 1. The van der Waals surface area contributed by atoms with Gasteiger partial charge in [0.1, 0.15) is 0 Å². The number of rotatable bonds is 6. The Hall–Kier alpha value is -2.46. The SMILES string of the molecule is CCC[C@H](NN(C(=O)c1cccc(C)c1)C(=O)c1cc(C)cc(C)c1)C(C)(C)C. The van der Waals surface area contributed by atoms with Gasteiger partial charge in [-0.15, -0.1) is 0 Å². The summed E-state index contributed by atoms with van der Waals surface area (Å²) in [6, 6.07) is 13.0. The van der Waals surface area contributed by atoms with Crippen LogP contribution in [-0.2, 0) is 0 Å². The number of nitrogens with zero attached hydrogens (tertiary/aromatic N) is 1. The highest BCUT2D eigenvalue weighted by Gasteiger charge is 2.32. The van der Waals surface area contributed by atoms with Crippen molar-refractivity contribution in [2.45, 2.75) is 67.3 Å². The first-order chi connectivity index (χ1) is 13.5. The van der Waals surface area contributed by atoms with Crippen molar-refractivity contribution in [1.82, 2.24) is 10.4 Å². The van der Waals surface area contributed by atoms with Gasteiger partial charge >= 0.3 is 0 Å². The van der Waals surface area contributed by atoms with Gasteiger partial charge in [-0.2, -0.15) is 0 Å². The van der Waals surface area contributed by atoms with Gasteiger partial charge in [-0.3, -0.25) is 9.59 Å². The predicted molar refractivity (Wildman–Crippen MR) is 119 cm³/mol. The monoisotopic (exact) mass is 394 g/mol. The molecule has 4 heteroatoms. The number of hydrazine groups is 1. The van der Waals surface area contributed by atoms with E-state index in [1.54, 1.807) is 6.07 Å². The standard InChI is InChI=1S/C25H34N2O2/c1-8-10-22(25(5,6)7)26-27(23(28)20-12-9-11-17(2)14-20)24(29)21-15-18(3)13-19(4)16-21/h9,11-16,22,26H,8,10H2,1-7H3/t22-/m0/s1. The zero-order chi connectivity index (χ0) is 21.8. The number of amides is 2. The maximum atomic E-state index is 13.5. The van der Waals surface area contributed by atoms with Crippen LogP contribution >= 0.6 is 0 Å². The number of hydrogen-bond acceptors (Lipinski definition) is 3. The molecule has 2 rings (SSSR count). The zero-order valence-corrected chi connectivity index (χ0v) is 18.8. The molecule has 0 aliphatic heterocycles. The van der Waals surface area contributed by atoms with Gasteiger partial charge in [-0.05, 0) is 56.9 Å². The maximum absolute atomic E-state index is 13.5. The molecule has 0 bridgehead atoms. The van der Waals surface area contributed by atoms with Crippen LogP contribution in [0.1, 0.15) is 77.9 Å². The minimum absolute atomic E-state index is 0.0175. The van der Waals surface area contributed by atoms with E-state index in [9.17, 15) is 9.59 Å². The molecular formula is C25H34N2O2. The van der Waals surface area contributed by atoms with Gasteiger partial charge in [0.2, 0.25) is 0 Å². The number of benzene rings is 2. The summed E-state index contributed by atoms with van der Waals surface area (Å²) in [5.74, 6) is -0.656. The van der Waals surface area contributed by atoms with E-state index >= 15 is 0 Å². The molecule has 0 heterocycles. The lowest BCUT2D eigenvalue weighted by Crippen LogP contribution is -2.55. The van der Waals surface area contributed by atoms with Gasteiger partial charge in [0.05, 0.1) is 0 Å². The lowest BCUT2D eigenvalue weighted by atomic mass is 9.84. The van der Waals surface area contributed by atoms with Gasteiger partial charge in [-0.1, -0.05) is 69.0 Å². The average Bonchev–Trinajstić information content (AvgIpc) is 2.62. The molecule has 2 aromatic rings. The van der Waals surface area contributed by atoms with Crippen LogP contribution in [0.15, 0.2) is 42.5 Å². The Kier molecular flexibility index (Phi) is 7.37. The molecule has 0 aliphatic rings. The van der Waals surface area contributed by atoms with Crippen LogP contribution in [0.25, 0.3) is 0 Å². The lowest BCUT2D eigenvalue weighted by molar-refractivity contribution is 0.0425.